The molecule has 2 nitrogen and oxygen atoms in total. The van der Waals surface area contributed by atoms with Gasteiger partial charge in [-0.1, -0.05) is 0 Å². The van der Waals surface area contributed by atoms with Gasteiger partial charge in [-0.15, -0.1) is 0 Å². The molecule has 0 amide bonds. The van der Waals surface area contributed by atoms with E-state index in [1.807, 2.05) is 6.26 Å². The molecule has 0 aromatic heterocycles. The lowest BCUT2D eigenvalue weighted by Gasteiger charge is -2.57. The van der Waals surface area contributed by atoms with Crippen LogP contribution in [0.2, 0.25) is 0 Å². The van der Waals surface area contributed by atoms with Gasteiger partial charge in [0.05, 0.1) is 11.2 Å². The summed E-state index contributed by atoms with van der Waals surface area (Å²) in [6, 6.07) is 0. The first-order valence-corrected chi connectivity index (χ1v) is 6.52. The Morgan fingerprint density at radius 1 is 1.36 bits per heavy atom. The Hall–Kier alpha value is 0.270. The van der Waals surface area contributed by atoms with Crippen molar-refractivity contribution in [1.82, 2.24) is 0 Å². The van der Waals surface area contributed by atoms with Crippen molar-refractivity contribution >= 4 is 12.0 Å². The van der Waals surface area contributed by atoms with E-state index in [1.165, 1.54) is 18.5 Å². The monoisotopic (exact) mass is 216 g/mol. The summed E-state index contributed by atoms with van der Waals surface area (Å²) in [4.78, 5) is 0. The summed E-state index contributed by atoms with van der Waals surface area (Å²) in [5.74, 6) is 0.668. The van der Waals surface area contributed by atoms with E-state index >= 15 is 0 Å². The highest BCUT2D eigenvalue weighted by atomic mass is 32.2. The predicted molar refractivity (Wildman–Crippen MR) is 59.3 cm³/mol. The van der Waals surface area contributed by atoms with Gasteiger partial charge in [0.25, 0.3) is 0 Å². The fourth-order valence-corrected chi connectivity index (χ4v) is 3.45. The van der Waals surface area contributed by atoms with Crippen LogP contribution >= 0.6 is 12.0 Å². The van der Waals surface area contributed by atoms with Gasteiger partial charge in [-0.05, 0) is 58.0 Å². The van der Waals surface area contributed by atoms with Crippen LogP contribution in [0.4, 0.5) is 0 Å². The molecule has 2 saturated heterocycles. The fourth-order valence-electron chi connectivity index (χ4n) is 2.94. The molecule has 0 aromatic rings. The highest BCUT2D eigenvalue weighted by molar-refractivity contribution is 7.93. The second kappa shape index (κ2) is 3.39. The molecule has 3 rings (SSSR count). The van der Waals surface area contributed by atoms with E-state index in [0.29, 0.717) is 5.92 Å². The standard InChI is InChI=1S/C11H20O2S/c1-10(2)8-5-6-11(3,13-10)9(7-8)12-14-4/h8-9H,5-7H2,1-4H3. The average Bonchev–Trinajstić information content (AvgIpc) is 2.06. The summed E-state index contributed by atoms with van der Waals surface area (Å²) in [5, 5.41) is 0. The molecule has 3 unspecified atom stereocenters. The Bertz CT molecular complexity index is 229. The molecular formula is C11H20O2S. The first kappa shape index (κ1) is 10.8. The summed E-state index contributed by atoms with van der Waals surface area (Å²) in [5.41, 5.74) is -0.00741. The van der Waals surface area contributed by atoms with Gasteiger partial charge in [-0.25, -0.2) is 0 Å². The van der Waals surface area contributed by atoms with Crippen LogP contribution in [0, 0.1) is 5.92 Å². The first-order valence-electron chi connectivity index (χ1n) is 5.37. The second-order valence-corrected chi connectivity index (χ2v) is 5.77. The maximum atomic E-state index is 6.19. The van der Waals surface area contributed by atoms with Crippen LogP contribution in [0.1, 0.15) is 40.0 Å². The molecule has 2 heterocycles. The van der Waals surface area contributed by atoms with E-state index in [2.05, 4.69) is 20.8 Å². The highest BCUT2D eigenvalue weighted by Gasteiger charge is 2.54. The van der Waals surface area contributed by atoms with E-state index in [-0.39, 0.29) is 17.3 Å². The molecule has 3 atom stereocenters. The topological polar surface area (TPSA) is 18.5 Å². The molecule has 3 aliphatic rings. The van der Waals surface area contributed by atoms with E-state index in [0.717, 1.165) is 12.8 Å². The number of fused-ring (bicyclic) bond motifs is 3. The number of hydrogen-bond acceptors (Lipinski definition) is 3. The summed E-state index contributed by atoms with van der Waals surface area (Å²) in [6.07, 6.45) is 5.86. The molecule has 82 valence electrons. The van der Waals surface area contributed by atoms with Gasteiger partial charge in [0.1, 0.15) is 6.10 Å². The predicted octanol–water partition coefficient (Wildman–Crippen LogP) is 3.02. The molecule has 0 N–H and O–H groups in total. The molecule has 3 fully saturated rings. The normalized spacial score (nSPS) is 45.4. The number of rotatable bonds is 2. The minimum absolute atomic E-state index is 0.0469. The van der Waals surface area contributed by atoms with E-state index < -0.39 is 0 Å². The van der Waals surface area contributed by atoms with E-state index in [1.54, 1.807) is 0 Å². The van der Waals surface area contributed by atoms with Crippen molar-refractivity contribution in [2.45, 2.75) is 57.3 Å². The lowest BCUT2D eigenvalue weighted by atomic mass is 9.67. The number of hydrogen-bond donors (Lipinski definition) is 0. The van der Waals surface area contributed by atoms with E-state index in [9.17, 15) is 0 Å². The maximum Gasteiger partial charge on any atom is 0.101 e. The Balaban J connectivity index is 2.16. The van der Waals surface area contributed by atoms with Crippen LogP contribution in [0.15, 0.2) is 0 Å². The zero-order chi connectivity index (χ0) is 10.4. The number of ether oxygens (including phenoxy) is 1. The molecule has 14 heavy (non-hydrogen) atoms. The minimum atomic E-state index is -0.0543. The molecular weight excluding hydrogens is 196 g/mol. The zero-order valence-electron chi connectivity index (χ0n) is 9.50. The van der Waals surface area contributed by atoms with Gasteiger partial charge < -0.3 is 8.92 Å². The van der Waals surface area contributed by atoms with Crippen molar-refractivity contribution in [1.29, 1.82) is 0 Å². The van der Waals surface area contributed by atoms with Crippen molar-refractivity contribution in [2.75, 3.05) is 6.26 Å². The third-order valence-electron chi connectivity index (χ3n) is 3.86. The van der Waals surface area contributed by atoms with Crippen molar-refractivity contribution in [2.24, 2.45) is 5.92 Å². The lowest BCUT2D eigenvalue weighted by molar-refractivity contribution is -0.265. The Labute approximate surface area is 90.9 Å². The minimum Gasteiger partial charge on any atom is -0.366 e. The molecule has 2 bridgehead atoms. The quantitative estimate of drug-likeness (QED) is 0.661. The van der Waals surface area contributed by atoms with Crippen molar-refractivity contribution in [3.63, 3.8) is 0 Å². The lowest BCUT2D eigenvalue weighted by Crippen LogP contribution is -2.61. The van der Waals surface area contributed by atoms with Gasteiger partial charge in [0, 0.05) is 6.26 Å². The summed E-state index contributed by atoms with van der Waals surface area (Å²) in [6.45, 7) is 6.62. The van der Waals surface area contributed by atoms with Gasteiger partial charge >= 0.3 is 0 Å². The van der Waals surface area contributed by atoms with Crippen molar-refractivity contribution in [3.8, 4) is 0 Å². The van der Waals surface area contributed by atoms with Crippen molar-refractivity contribution in [3.05, 3.63) is 0 Å². The van der Waals surface area contributed by atoms with E-state index in [4.69, 9.17) is 8.92 Å². The third kappa shape index (κ3) is 1.59. The summed E-state index contributed by atoms with van der Waals surface area (Å²) >= 11 is 1.47. The van der Waals surface area contributed by atoms with Crippen LogP contribution < -0.4 is 0 Å². The molecule has 0 spiro atoms. The van der Waals surface area contributed by atoms with Crippen LogP contribution in [-0.4, -0.2) is 23.6 Å². The van der Waals surface area contributed by atoms with Crippen molar-refractivity contribution < 1.29 is 8.92 Å². The molecule has 0 radical (unpaired) electrons. The highest BCUT2D eigenvalue weighted by Crippen LogP contribution is 2.51. The van der Waals surface area contributed by atoms with Gasteiger partial charge in [0.15, 0.2) is 0 Å². The molecule has 0 aromatic carbocycles. The average molecular weight is 216 g/mol. The SMILES string of the molecule is CSOC1CC2CCC1(C)OC2(C)C. The van der Waals surface area contributed by atoms with Crippen LogP contribution in [0.3, 0.4) is 0 Å². The summed E-state index contributed by atoms with van der Waals surface area (Å²) < 4.78 is 11.9. The van der Waals surface area contributed by atoms with Crippen LogP contribution in [-0.2, 0) is 8.92 Å². The first-order chi connectivity index (χ1) is 6.48. The largest absolute Gasteiger partial charge is 0.366 e. The Morgan fingerprint density at radius 2 is 2.07 bits per heavy atom. The molecule has 2 aliphatic heterocycles. The third-order valence-corrected chi connectivity index (χ3v) is 4.29. The second-order valence-electron chi connectivity index (χ2n) is 5.24. The van der Waals surface area contributed by atoms with Gasteiger partial charge in [-0.3, -0.25) is 0 Å². The molecule has 1 saturated carbocycles. The van der Waals surface area contributed by atoms with Crippen LogP contribution in [0.25, 0.3) is 0 Å². The Morgan fingerprint density at radius 3 is 2.57 bits per heavy atom. The van der Waals surface area contributed by atoms with Gasteiger partial charge in [0.2, 0.25) is 0 Å². The smallest absolute Gasteiger partial charge is 0.101 e. The molecule has 1 aliphatic carbocycles. The van der Waals surface area contributed by atoms with Crippen LogP contribution in [0.5, 0.6) is 0 Å². The maximum absolute atomic E-state index is 6.19. The molecule has 3 heteroatoms. The fraction of sp³-hybridized carbons (Fsp3) is 1.00. The Kier molecular flexibility index (Phi) is 2.61. The zero-order valence-corrected chi connectivity index (χ0v) is 10.3. The van der Waals surface area contributed by atoms with Gasteiger partial charge in [-0.2, -0.15) is 0 Å². The summed E-state index contributed by atoms with van der Waals surface area (Å²) in [7, 11) is 0.